The molecule has 2 aromatic carbocycles. The second kappa shape index (κ2) is 8.86. The van der Waals surface area contributed by atoms with Crippen molar-refractivity contribution in [3.05, 3.63) is 35.1 Å². The van der Waals surface area contributed by atoms with Gasteiger partial charge in [0.2, 0.25) is 0 Å². The largest absolute Gasteiger partial charge is 0.504 e. The molecule has 21 heavy (non-hydrogen) atoms. The number of fused-ring (bicyclic) bond motifs is 1. The first-order chi connectivity index (χ1) is 10.1. The van der Waals surface area contributed by atoms with Crippen molar-refractivity contribution in [2.75, 3.05) is 0 Å². The summed E-state index contributed by atoms with van der Waals surface area (Å²) in [6, 6.07) is 5.15. The number of rotatable bonds is 1. The average molecular weight is 290 g/mol. The van der Waals surface area contributed by atoms with Crippen molar-refractivity contribution in [1.82, 2.24) is 0 Å². The van der Waals surface area contributed by atoms with Crippen LogP contribution in [0.1, 0.15) is 45.7 Å². The molecule has 2 rings (SSSR count). The van der Waals surface area contributed by atoms with Crippen LogP contribution in [0.15, 0.2) is 18.2 Å². The Morgan fingerprint density at radius 2 is 1.67 bits per heavy atom. The van der Waals surface area contributed by atoms with Crippen LogP contribution >= 0.6 is 0 Å². The van der Waals surface area contributed by atoms with Crippen molar-refractivity contribution in [3.8, 4) is 23.8 Å². The van der Waals surface area contributed by atoms with Gasteiger partial charge in [-0.25, -0.2) is 4.39 Å². The predicted octanol–water partition coefficient (Wildman–Crippen LogP) is 4.99. The van der Waals surface area contributed by atoms with Crippen LogP contribution in [-0.4, -0.2) is 10.2 Å². The number of hydrogen-bond donors (Lipinski definition) is 2. The molecule has 0 unspecified atom stereocenters. The van der Waals surface area contributed by atoms with Crippen LogP contribution in [0.25, 0.3) is 10.8 Å². The first kappa shape index (κ1) is 18.8. The minimum absolute atomic E-state index is 0.00671. The molecule has 0 aliphatic heterocycles. The molecule has 2 nitrogen and oxygen atoms in total. The lowest BCUT2D eigenvalue weighted by molar-refractivity contribution is 0.382. The van der Waals surface area contributed by atoms with Gasteiger partial charge in [0.05, 0.1) is 5.56 Å². The van der Waals surface area contributed by atoms with E-state index in [1.807, 2.05) is 40.7 Å². The van der Waals surface area contributed by atoms with Crippen molar-refractivity contribution < 1.29 is 14.6 Å². The van der Waals surface area contributed by atoms with Crippen molar-refractivity contribution in [1.29, 1.82) is 0 Å². The molecule has 0 heterocycles. The lowest BCUT2D eigenvalue weighted by Gasteiger charge is -2.11. The van der Waals surface area contributed by atoms with E-state index in [0.717, 1.165) is 5.56 Å². The molecule has 0 fully saturated rings. The number of phenols is 2. The number of terminal acetylenes is 1. The zero-order valence-electron chi connectivity index (χ0n) is 13.3. The monoisotopic (exact) mass is 290 g/mol. The minimum atomic E-state index is -0.946. The number of aryl methyl sites for hydroxylation is 1. The van der Waals surface area contributed by atoms with Crippen molar-refractivity contribution in [2.45, 2.75) is 41.0 Å². The standard InChI is InChI=1S/C14H11FO2.2C2H6/c1-3-8-6-5-7-10-11(8)9(4-2)12(15)14(17)13(10)16;2*1-2/h2,5-7,16-17H,3H2,1H3;2*1-2H3. The first-order valence-corrected chi connectivity index (χ1v) is 7.23. The maximum absolute atomic E-state index is 13.8. The third-order valence-electron chi connectivity index (χ3n) is 2.83. The van der Waals surface area contributed by atoms with E-state index < -0.39 is 17.3 Å². The fourth-order valence-corrected chi connectivity index (χ4v) is 1.98. The van der Waals surface area contributed by atoms with E-state index in [2.05, 4.69) is 5.92 Å². The third-order valence-corrected chi connectivity index (χ3v) is 2.83. The quantitative estimate of drug-likeness (QED) is 0.574. The molecule has 0 amide bonds. The second-order valence-corrected chi connectivity index (χ2v) is 3.72. The Morgan fingerprint density at radius 3 is 2.14 bits per heavy atom. The van der Waals surface area contributed by atoms with E-state index >= 15 is 0 Å². The smallest absolute Gasteiger partial charge is 0.196 e. The van der Waals surface area contributed by atoms with Crippen LogP contribution in [0.5, 0.6) is 11.5 Å². The van der Waals surface area contributed by atoms with Gasteiger partial charge >= 0.3 is 0 Å². The Balaban J connectivity index is 0.000000921. The maximum Gasteiger partial charge on any atom is 0.196 e. The molecule has 0 bridgehead atoms. The van der Waals surface area contributed by atoms with Crippen LogP contribution < -0.4 is 0 Å². The van der Waals surface area contributed by atoms with Gasteiger partial charge in [-0.05, 0) is 12.0 Å². The van der Waals surface area contributed by atoms with E-state index in [9.17, 15) is 14.6 Å². The minimum Gasteiger partial charge on any atom is -0.504 e. The highest BCUT2D eigenvalue weighted by atomic mass is 19.1. The average Bonchev–Trinajstić information content (AvgIpc) is 2.56. The fraction of sp³-hybridized carbons (Fsp3) is 0.333. The van der Waals surface area contributed by atoms with E-state index in [0.29, 0.717) is 17.2 Å². The number of phenolic OH excluding ortho intramolecular Hbond substituents is 2. The van der Waals surface area contributed by atoms with Crippen LogP contribution in [0, 0.1) is 18.2 Å². The SMILES string of the molecule is C#Cc1c(F)c(O)c(O)c2cccc(CC)c12.CC.CC. The van der Waals surface area contributed by atoms with Crippen LogP contribution in [-0.2, 0) is 6.42 Å². The fourth-order valence-electron chi connectivity index (χ4n) is 1.98. The number of benzene rings is 2. The summed E-state index contributed by atoms with van der Waals surface area (Å²) in [4.78, 5) is 0. The summed E-state index contributed by atoms with van der Waals surface area (Å²) in [6.07, 6.45) is 5.94. The summed E-state index contributed by atoms with van der Waals surface area (Å²) >= 11 is 0. The normalized spacial score (nSPS) is 9.00. The Labute approximate surface area is 126 Å². The van der Waals surface area contributed by atoms with Gasteiger partial charge in [-0.15, -0.1) is 6.42 Å². The molecule has 0 aromatic heterocycles. The molecule has 2 aromatic rings. The Morgan fingerprint density at radius 1 is 1.10 bits per heavy atom. The van der Waals surface area contributed by atoms with Gasteiger partial charge in [-0.1, -0.05) is 58.7 Å². The Bertz CT molecular complexity index is 640. The highest BCUT2D eigenvalue weighted by molar-refractivity contribution is 5.97. The Hall–Kier alpha value is -2.21. The van der Waals surface area contributed by atoms with Crippen molar-refractivity contribution in [2.24, 2.45) is 0 Å². The van der Waals surface area contributed by atoms with Crippen LogP contribution in [0.3, 0.4) is 0 Å². The van der Waals surface area contributed by atoms with E-state index in [1.165, 1.54) is 0 Å². The molecule has 2 N–H and O–H groups in total. The molecule has 0 radical (unpaired) electrons. The summed E-state index contributed by atoms with van der Waals surface area (Å²) in [6.45, 7) is 9.91. The zero-order chi connectivity index (χ0) is 16.6. The van der Waals surface area contributed by atoms with E-state index in [4.69, 9.17) is 6.42 Å². The summed E-state index contributed by atoms with van der Waals surface area (Å²) < 4.78 is 13.8. The summed E-state index contributed by atoms with van der Waals surface area (Å²) in [7, 11) is 0. The van der Waals surface area contributed by atoms with Crippen LogP contribution in [0.4, 0.5) is 4.39 Å². The van der Waals surface area contributed by atoms with Crippen molar-refractivity contribution >= 4 is 10.8 Å². The predicted molar refractivity (Wildman–Crippen MR) is 87.2 cm³/mol. The highest BCUT2D eigenvalue weighted by Crippen LogP contribution is 2.40. The molecule has 0 aliphatic rings. The molecular weight excluding hydrogens is 267 g/mol. The molecule has 0 aliphatic carbocycles. The van der Waals surface area contributed by atoms with Gasteiger partial charge in [0.1, 0.15) is 0 Å². The van der Waals surface area contributed by atoms with E-state index in [1.54, 1.807) is 12.1 Å². The lowest BCUT2D eigenvalue weighted by atomic mass is 9.96. The molecular formula is C18H23FO2. The lowest BCUT2D eigenvalue weighted by Crippen LogP contribution is -1.93. The number of aromatic hydroxyl groups is 2. The molecule has 114 valence electrons. The Kier molecular flexibility index (Phi) is 7.93. The topological polar surface area (TPSA) is 40.5 Å². The summed E-state index contributed by atoms with van der Waals surface area (Å²) in [5.74, 6) is 0.0302. The molecule has 0 saturated carbocycles. The van der Waals surface area contributed by atoms with Gasteiger partial charge < -0.3 is 10.2 Å². The van der Waals surface area contributed by atoms with Gasteiger partial charge in [0.25, 0.3) is 0 Å². The second-order valence-electron chi connectivity index (χ2n) is 3.72. The molecule has 0 spiro atoms. The highest BCUT2D eigenvalue weighted by Gasteiger charge is 2.19. The number of halogens is 1. The summed E-state index contributed by atoms with van der Waals surface area (Å²) in [5.41, 5.74) is 0.831. The molecule has 0 saturated heterocycles. The van der Waals surface area contributed by atoms with Gasteiger partial charge in [0.15, 0.2) is 17.3 Å². The molecule has 0 atom stereocenters. The molecule has 3 heteroatoms. The van der Waals surface area contributed by atoms with E-state index in [-0.39, 0.29) is 5.56 Å². The van der Waals surface area contributed by atoms with Gasteiger partial charge in [0, 0.05) is 10.8 Å². The summed E-state index contributed by atoms with van der Waals surface area (Å²) in [5, 5.41) is 20.0. The first-order valence-electron chi connectivity index (χ1n) is 7.23. The van der Waals surface area contributed by atoms with Gasteiger partial charge in [-0.3, -0.25) is 0 Å². The number of hydrogen-bond acceptors (Lipinski definition) is 2. The van der Waals surface area contributed by atoms with Crippen molar-refractivity contribution in [3.63, 3.8) is 0 Å². The maximum atomic E-state index is 13.8. The van der Waals surface area contributed by atoms with Gasteiger partial charge in [-0.2, -0.15) is 0 Å². The third kappa shape index (κ3) is 3.46. The zero-order valence-corrected chi connectivity index (χ0v) is 13.3. The van der Waals surface area contributed by atoms with Crippen LogP contribution in [0.2, 0.25) is 0 Å².